The SMILES string of the molecule is CC(C)(O)CN1CCN(C(=O)Nc2ccccc2F)CC1. The molecule has 0 atom stereocenters. The summed E-state index contributed by atoms with van der Waals surface area (Å²) >= 11 is 0. The van der Waals surface area contributed by atoms with Crippen LogP contribution in [0.25, 0.3) is 0 Å². The fourth-order valence-corrected chi connectivity index (χ4v) is 2.41. The molecule has 2 amide bonds. The summed E-state index contributed by atoms with van der Waals surface area (Å²) in [6, 6.07) is 5.83. The number of β-amino-alcohol motifs (C(OH)–C–C–N with tert-alkyl or cyclic N) is 1. The summed E-state index contributed by atoms with van der Waals surface area (Å²) in [5.41, 5.74) is -0.543. The molecule has 1 aromatic rings. The highest BCUT2D eigenvalue weighted by Gasteiger charge is 2.25. The van der Waals surface area contributed by atoms with Crippen molar-refractivity contribution in [2.45, 2.75) is 19.4 Å². The van der Waals surface area contributed by atoms with E-state index in [1.165, 1.54) is 12.1 Å². The van der Waals surface area contributed by atoms with Crippen LogP contribution in [0.1, 0.15) is 13.8 Å². The maximum absolute atomic E-state index is 13.5. The van der Waals surface area contributed by atoms with E-state index < -0.39 is 11.4 Å². The lowest BCUT2D eigenvalue weighted by molar-refractivity contribution is 0.0231. The van der Waals surface area contributed by atoms with Crippen molar-refractivity contribution < 1.29 is 14.3 Å². The molecule has 2 N–H and O–H groups in total. The van der Waals surface area contributed by atoms with Crippen LogP contribution < -0.4 is 5.32 Å². The number of urea groups is 1. The first-order chi connectivity index (χ1) is 9.85. The van der Waals surface area contributed by atoms with Gasteiger partial charge in [-0.3, -0.25) is 4.90 Å². The molecule has 21 heavy (non-hydrogen) atoms. The third kappa shape index (κ3) is 4.68. The van der Waals surface area contributed by atoms with Crippen molar-refractivity contribution in [2.24, 2.45) is 0 Å². The molecule has 0 bridgehead atoms. The molecular formula is C15H22FN3O2. The van der Waals surface area contributed by atoms with Crippen molar-refractivity contribution in [3.05, 3.63) is 30.1 Å². The van der Waals surface area contributed by atoms with Crippen LogP contribution in [0, 0.1) is 5.82 Å². The first-order valence-corrected chi connectivity index (χ1v) is 7.10. The predicted octanol–water partition coefficient (Wildman–Crippen LogP) is 1.75. The molecule has 0 spiro atoms. The molecule has 1 aliphatic heterocycles. The molecule has 5 nitrogen and oxygen atoms in total. The van der Waals surface area contributed by atoms with E-state index in [2.05, 4.69) is 10.2 Å². The van der Waals surface area contributed by atoms with Crippen LogP contribution in [0.3, 0.4) is 0 Å². The van der Waals surface area contributed by atoms with Gasteiger partial charge in [-0.05, 0) is 26.0 Å². The Morgan fingerprint density at radius 3 is 2.48 bits per heavy atom. The fourth-order valence-electron chi connectivity index (χ4n) is 2.41. The summed E-state index contributed by atoms with van der Waals surface area (Å²) in [7, 11) is 0. The Bertz CT molecular complexity index is 494. The van der Waals surface area contributed by atoms with Crippen molar-refractivity contribution >= 4 is 11.7 Å². The number of hydrogen-bond donors (Lipinski definition) is 2. The number of nitrogens with zero attached hydrogens (tertiary/aromatic N) is 2. The molecule has 0 aromatic heterocycles. The number of carbonyl (C=O) groups excluding carboxylic acids is 1. The number of nitrogens with one attached hydrogen (secondary N) is 1. The van der Waals surface area contributed by atoms with E-state index in [-0.39, 0.29) is 11.7 Å². The summed E-state index contributed by atoms with van der Waals surface area (Å²) < 4.78 is 13.5. The molecular weight excluding hydrogens is 273 g/mol. The van der Waals surface area contributed by atoms with Crippen molar-refractivity contribution in [1.29, 1.82) is 0 Å². The fraction of sp³-hybridized carbons (Fsp3) is 0.533. The predicted molar refractivity (Wildman–Crippen MR) is 79.7 cm³/mol. The van der Waals surface area contributed by atoms with E-state index in [0.717, 1.165) is 0 Å². The quantitative estimate of drug-likeness (QED) is 0.893. The van der Waals surface area contributed by atoms with Gasteiger partial charge < -0.3 is 15.3 Å². The summed E-state index contributed by atoms with van der Waals surface area (Å²) in [5, 5.41) is 12.4. The second kappa shape index (κ2) is 6.41. The van der Waals surface area contributed by atoms with E-state index in [9.17, 15) is 14.3 Å². The lowest BCUT2D eigenvalue weighted by Crippen LogP contribution is -2.52. The number of halogens is 1. The number of rotatable bonds is 3. The molecule has 1 aromatic carbocycles. The zero-order valence-corrected chi connectivity index (χ0v) is 12.5. The Morgan fingerprint density at radius 1 is 1.29 bits per heavy atom. The van der Waals surface area contributed by atoms with Crippen LogP contribution in [-0.4, -0.2) is 59.3 Å². The normalized spacial score (nSPS) is 16.9. The first-order valence-electron chi connectivity index (χ1n) is 7.10. The first kappa shape index (κ1) is 15.7. The van der Waals surface area contributed by atoms with Crippen LogP contribution >= 0.6 is 0 Å². The van der Waals surface area contributed by atoms with Gasteiger partial charge in [0.25, 0.3) is 0 Å². The van der Waals surface area contributed by atoms with Crippen LogP contribution in [0.2, 0.25) is 0 Å². The van der Waals surface area contributed by atoms with Gasteiger partial charge in [0.1, 0.15) is 5.82 Å². The highest BCUT2D eigenvalue weighted by Crippen LogP contribution is 2.14. The Balaban J connectivity index is 1.85. The van der Waals surface area contributed by atoms with Gasteiger partial charge in [0.05, 0.1) is 11.3 Å². The van der Waals surface area contributed by atoms with Crippen molar-refractivity contribution in [3.8, 4) is 0 Å². The van der Waals surface area contributed by atoms with Gasteiger partial charge in [-0.2, -0.15) is 0 Å². The van der Waals surface area contributed by atoms with Gasteiger partial charge in [0, 0.05) is 32.7 Å². The monoisotopic (exact) mass is 295 g/mol. The third-order valence-electron chi connectivity index (χ3n) is 3.39. The zero-order chi connectivity index (χ0) is 15.5. The lowest BCUT2D eigenvalue weighted by Gasteiger charge is -2.37. The average Bonchev–Trinajstić information content (AvgIpc) is 2.40. The number of aliphatic hydroxyl groups is 1. The van der Waals surface area contributed by atoms with Gasteiger partial charge >= 0.3 is 6.03 Å². The highest BCUT2D eigenvalue weighted by atomic mass is 19.1. The second-order valence-electron chi connectivity index (χ2n) is 5.99. The van der Waals surface area contributed by atoms with Gasteiger partial charge in [0.15, 0.2) is 0 Å². The molecule has 2 rings (SSSR count). The Labute approximate surface area is 124 Å². The second-order valence-corrected chi connectivity index (χ2v) is 5.99. The number of piperazine rings is 1. The topological polar surface area (TPSA) is 55.8 Å². The van der Waals surface area contributed by atoms with E-state index in [1.54, 1.807) is 30.9 Å². The molecule has 0 saturated carbocycles. The van der Waals surface area contributed by atoms with Crippen molar-refractivity contribution in [2.75, 3.05) is 38.0 Å². The van der Waals surface area contributed by atoms with Gasteiger partial charge in [-0.1, -0.05) is 12.1 Å². The van der Waals surface area contributed by atoms with Gasteiger partial charge in [-0.15, -0.1) is 0 Å². The Hall–Kier alpha value is -1.66. The van der Waals surface area contributed by atoms with E-state index in [1.807, 2.05) is 0 Å². The van der Waals surface area contributed by atoms with Crippen LogP contribution in [-0.2, 0) is 0 Å². The maximum Gasteiger partial charge on any atom is 0.322 e. The standard InChI is InChI=1S/C15H22FN3O2/c1-15(2,21)11-18-7-9-19(10-8-18)14(20)17-13-6-4-3-5-12(13)16/h3-6,21H,7-11H2,1-2H3,(H,17,20). The minimum Gasteiger partial charge on any atom is -0.389 e. The van der Waals surface area contributed by atoms with Crippen molar-refractivity contribution in [1.82, 2.24) is 9.80 Å². The number of anilines is 1. The van der Waals surface area contributed by atoms with Gasteiger partial charge in [-0.25, -0.2) is 9.18 Å². The summed E-state index contributed by atoms with van der Waals surface area (Å²) in [6.45, 7) is 6.65. The Morgan fingerprint density at radius 2 is 1.90 bits per heavy atom. The Kier molecular flexibility index (Phi) is 4.80. The molecule has 1 saturated heterocycles. The third-order valence-corrected chi connectivity index (χ3v) is 3.39. The largest absolute Gasteiger partial charge is 0.389 e. The van der Waals surface area contributed by atoms with Gasteiger partial charge in [0.2, 0.25) is 0 Å². The van der Waals surface area contributed by atoms with Crippen LogP contribution in [0.5, 0.6) is 0 Å². The molecule has 6 heteroatoms. The molecule has 0 unspecified atom stereocenters. The number of benzene rings is 1. The summed E-state index contributed by atoms with van der Waals surface area (Å²) in [6.07, 6.45) is 0. The van der Waals surface area contributed by atoms with Crippen LogP contribution in [0.15, 0.2) is 24.3 Å². The highest BCUT2D eigenvalue weighted by molar-refractivity contribution is 5.89. The molecule has 116 valence electrons. The minimum absolute atomic E-state index is 0.196. The summed E-state index contributed by atoms with van der Waals surface area (Å²) in [4.78, 5) is 15.9. The molecule has 0 aliphatic carbocycles. The van der Waals surface area contributed by atoms with Crippen LogP contribution in [0.4, 0.5) is 14.9 Å². The van der Waals surface area contributed by atoms with E-state index in [0.29, 0.717) is 32.7 Å². The van der Waals surface area contributed by atoms with E-state index in [4.69, 9.17) is 0 Å². The zero-order valence-electron chi connectivity index (χ0n) is 12.5. The number of hydrogen-bond acceptors (Lipinski definition) is 3. The molecule has 0 radical (unpaired) electrons. The summed E-state index contributed by atoms with van der Waals surface area (Å²) in [5.74, 6) is -0.438. The number of amides is 2. The number of carbonyl (C=O) groups is 1. The maximum atomic E-state index is 13.5. The smallest absolute Gasteiger partial charge is 0.322 e. The van der Waals surface area contributed by atoms with E-state index >= 15 is 0 Å². The lowest BCUT2D eigenvalue weighted by atomic mass is 10.1. The molecule has 1 heterocycles. The number of para-hydroxylation sites is 1. The average molecular weight is 295 g/mol. The minimum atomic E-state index is -0.738. The van der Waals surface area contributed by atoms with Crippen molar-refractivity contribution in [3.63, 3.8) is 0 Å². The molecule has 1 fully saturated rings. The molecule has 1 aliphatic rings.